The lowest BCUT2D eigenvalue weighted by molar-refractivity contribution is 0.367. The maximum Gasteiger partial charge on any atom is 0.0991 e. The molecular formula is C20H25N. The van der Waals surface area contributed by atoms with Crippen LogP contribution in [0.15, 0.2) is 36.9 Å². The highest BCUT2D eigenvalue weighted by Gasteiger charge is 2.35. The summed E-state index contributed by atoms with van der Waals surface area (Å²) in [5.41, 5.74) is 2.22. The van der Waals surface area contributed by atoms with E-state index in [-0.39, 0.29) is 0 Å². The molecule has 21 heavy (non-hydrogen) atoms. The summed E-state index contributed by atoms with van der Waals surface area (Å²) in [6, 6.07) is 10.5. The SMILES string of the molecule is C=CCC1CC2CCC(c3ccc(C#N)cc3)CCC2C1. The van der Waals surface area contributed by atoms with E-state index >= 15 is 0 Å². The first-order valence-electron chi connectivity index (χ1n) is 8.41. The van der Waals surface area contributed by atoms with Crippen molar-refractivity contribution in [3.63, 3.8) is 0 Å². The van der Waals surface area contributed by atoms with Crippen LogP contribution in [-0.2, 0) is 0 Å². The van der Waals surface area contributed by atoms with E-state index in [0.29, 0.717) is 5.92 Å². The molecule has 2 atom stereocenters. The molecule has 0 aromatic heterocycles. The van der Waals surface area contributed by atoms with Crippen LogP contribution < -0.4 is 0 Å². The predicted octanol–water partition coefficient (Wildman–Crippen LogP) is 5.43. The molecule has 0 saturated heterocycles. The normalized spacial score (nSPS) is 32.0. The molecule has 1 aromatic carbocycles. The summed E-state index contributed by atoms with van der Waals surface area (Å²) >= 11 is 0. The van der Waals surface area contributed by atoms with Crippen molar-refractivity contribution in [3.8, 4) is 6.07 Å². The molecule has 0 heterocycles. The van der Waals surface area contributed by atoms with E-state index in [4.69, 9.17) is 5.26 Å². The first kappa shape index (κ1) is 14.4. The molecule has 0 amide bonds. The molecule has 0 N–H and O–H groups in total. The largest absolute Gasteiger partial charge is 0.192 e. The summed E-state index contributed by atoms with van der Waals surface area (Å²) < 4.78 is 0. The zero-order valence-electron chi connectivity index (χ0n) is 12.8. The molecule has 2 aliphatic rings. The summed E-state index contributed by atoms with van der Waals surface area (Å²) in [4.78, 5) is 0. The van der Waals surface area contributed by atoms with Crippen LogP contribution in [0.1, 0.15) is 62.0 Å². The predicted molar refractivity (Wildman–Crippen MR) is 86.9 cm³/mol. The lowest BCUT2D eigenvalue weighted by Crippen LogP contribution is -2.04. The third-order valence-electron chi connectivity index (χ3n) is 5.72. The molecule has 0 spiro atoms. The van der Waals surface area contributed by atoms with Crippen molar-refractivity contribution in [3.05, 3.63) is 48.0 Å². The van der Waals surface area contributed by atoms with E-state index in [2.05, 4.69) is 30.9 Å². The molecule has 0 bridgehead atoms. The summed E-state index contributed by atoms with van der Waals surface area (Å²) in [7, 11) is 0. The van der Waals surface area contributed by atoms with Gasteiger partial charge in [0.1, 0.15) is 0 Å². The lowest BCUT2D eigenvalue weighted by atomic mass is 9.89. The zero-order chi connectivity index (χ0) is 14.7. The molecule has 1 heteroatoms. The summed E-state index contributed by atoms with van der Waals surface area (Å²) in [6.07, 6.45) is 11.6. The first-order valence-corrected chi connectivity index (χ1v) is 8.41. The van der Waals surface area contributed by atoms with Gasteiger partial charge in [0.15, 0.2) is 0 Å². The Morgan fingerprint density at radius 1 is 1.05 bits per heavy atom. The summed E-state index contributed by atoms with van der Waals surface area (Å²) in [5, 5.41) is 8.90. The second kappa shape index (κ2) is 6.48. The molecule has 3 rings (SSSR count). The van der Waals surface area contributed by atoms with E-state index in [1.165, 1.54) is 50.5 Å². The van der Waals surface area contributed by atoms with Crippen molar-refractivity contribution in [2.45, 2.75) is 50.9 Å². The Hall–Kier alpha value is -1.55. The van der Waals surface area contributed by atoms with E-state index in [1.54, 1.807) is 0 Å². The van der Waals surface area contributed by atoms with Gasteiger partial charge in [-0.25, -0.2) is 0 Å². The van der Waals surface area contributed by atoms with Gasteiger partial charge in [-0.3, -0.25) is 0 Å². The Bertz CT molecular complexity index is 506. The van der Waals surface area contributed by atoms with Crippen LogP contribution >= 0.6 is 0 Å². The van der Waals surface area contributed by atoms with Crippen LogP contribution in [0.25, 0.3) is 0 Å². The fourth-order valence-corrected chi connectivity index (χ4v) is 4.61. The maximum atomic E-state index is 8.90. The third kappa shape index (κ3) is 3.21. The Kier molecular flexibility index (Phi) is 4.44. The Morgan fingerprint density at radius 3 is 2.19 bits per heavy atom. The second-order valence-corrected chi connectivity index (χ2v) is 6.97. The molecule has 2 fully saturated rings. The minimum Gasteiger partial charge on any atom is -0.192 e. The van der Waals surface area contributed by atoms with Crippen molar-refractivity contribution in [2.24, 2.45) is 17.8 Å². The molecule has 1 aromatic rings. The topological polar surface area (TPSA) is 23.8 Å². The van der Waals surface area contributed by atoms with E-state index in [0.717, 1.165) is 23.3 Å². The van der Waals surface area contributed by atoms with Gasteiger partial charge in [-0.1, -0.05) is 18.2 Å². The van der Waals surface area contributed by atoms with Crippen LogP contribution in [0, 0.1) is 29.1 Å². The zero-order valence-corrected chi connectivity index (χ0v) is 12.8. The van der Waals surface area contributed by atoms with E-state index in [1.807, 2.05) is 12.1 Å². The number of allylic oxidation sites excluding steroid dienone is 1. The van der Waals surface area contributed by atoms with Crippen LogP contribution in [0.5, 0.6) is 0 Å². The van der Waals surface area contributed by atoms with Crippen LogP contribution in [0.2, 0.25) is 0 Å². The van der Waals surface area contributed by atoms with Crippen LogP contribution in [-0.4, -0.2) is 0 Å². The monoisotopic (exact) mass is 279 g/mol. The van der Waals surface area contributed by atoms with Crippen molar-refractivity contribution in [2.75, 3.05) is 0 Å². The molecule has 0 aliphatic heterocycles. The van der Waals surface area contributed by atoms with Crippen molar-refractivity contribution in [1.29, 1.82) is 5.26 Å². The van der Waals surface area contributed by atoms with Crippen molar-refractivity contribution < 1.29 is 0 Å². The fraction of sp³-hybridized carbons (Fsp3) is 0.550. The highest BCUT2D eigenvalue weighted by molar-refractivity contribution is 5.33. The van der Waals surface area contributed by atoms with Crippen molar-refractivity contribution >= 4 is 0 Å². The highest BCUT2D eigenvalue weighted by atomic mass is 14.4. The molecule has 2 saturated carbocycles. The van der Waals surface area contributed by atoms with Gasteiger partial charge in [0, 0.05) is 0 Å². The van der Waals surface area contributed by atoms with Gasteiger partial charge in [0.25, 0.3) is 0 Å². The van der Waals surface area contributed by atoms with Gasteiger partial charge in [0.05, 0.1) is 11.6 Å². The minimum atomic E-state index is 0.709. The first-order chi connectivity index (χ1) is 10.3. The van der Waals surface area contributed by atoms with Crippen LogP contribution in [0.3, 0.4) is 0 Å². The van der Waals surface area contributed by atoms with Gasteiger partial charge in [-0.2, -0.15) is 5.26 Å². The second-order valence-electron chi connectivity index (χ2n) is 6.97. The average Bonchev–Trinajstić information content (AvgIpc) is 2.80. The Morgan fingerprint density at radius 2 is 1.67 bits per heavy atom. The number of nitriles is 1. The third-order valence-corrected chi connectivity index (χ3v) is 5.72. The van der Waals surface area contributed by atoms with Gasteiger partial charge in [-0.05, 0) is 86.3 Å². The minimum absolute atomic E-state index is 0.709. The van der Waals surface area contributed by atoms with Gasteiger partial charge >= 0.3 is 0 Å². The van der Waals surface area contributed by atoms with Gasteiger partial charge in [-0.15, -0.1) is 6.58 Å². The number of fused-ring (bicyclic) bond motifs is 1. The summed E-state index contributed by atoms with van der Waals surface area (Å²) in [6.45, 7) is 3.90. The number of nitrogens with zero attached hydrogens (tertiary/aromatic N) is 1. The number of rotatable bonds is 3. The number of hydrogen-bond donors (Lipinski definition) is 0. The molecular weight excluding hydrogens is 254 g/mol. The number of benzene rings is 1. The fourth-order valence-electron chi connectivity index (χ4n) is 4.61. The van der Waals surface area contributed by atoms with Gasteiger partial charge in [0.2, 0.25) is 0 Å². The highest BCUT2D eigenvalue weighted by Crippen LogP contribution is 2.48. The van der Waals surface area contributed by atoms with Crippen molar-refractivity contribution in [1.82, 2.24) is 0 Å². The maximum absolute atomic E-state index is 8.90. The molecule has 1 nitrogen and oxygen atoms in total. The molecule has 2 aliphatic carbocycles. The molecule has 0 radical (unpaired) electrons. The Labute approximate surface area is 128 Å². The lowest BCUT2D eigenvalue weighted by Gasteiger charge is -2.16. The Balaban J connectivity index is 1.63. The summed E-state index contributed by atoms with van der Waals surface area (Å²) in [5.74, 6) is 3.53. The smallest absolute Gasteiger partial charge is 0.0991 e. The molecule has 110 valence electrons. The average molecular weight is 279 g/mol. The van der Waals surface area contributed by atoms with E-state index < -0.39 is 0 Å². The molecule has 2 unspecified atom stereocenters. The standard InChI is InChI=1S/C20H25N/c1-2-3-16-12-19-10-8-18(9-11-20(19)13-16)17-6-4-15(14-21)5-7-17/h2,4-7,16,18-20H,1,3,8-13H2. The number of hydrogen-bond acceptors (Lipinski definition) is 1. The van der Waals surface area contributed by atoms with E-state index in [9.17, 15) is 0 Å². The van der Waals surface area contributed by atoms with Crippen LogP contribution in [0.4, 0.5) is 0 Å². The van der Waals surface area contributed by atoms with Gasteiger partial charge < -0.3 is 0 Å². The quantitative estimate of drug-likeness (QED) is 0.676.